The summed E-state index contributed by atoms with van der Waals surface area (Å²) in [4.78, 5) is 0. The smallest absolute Gasteiger partial charge is 0.141 e. The molecule has 1 aromatic heterocycles. The van der Waals surface area contributed by atoms with Gasteiger partial charge in [-0.3, -0.25) is 0 Å². The van der Waals surface area contributed by atoms with E-state index in [9.17, 15) is 0 Å². The van der Waals surface area contributed by atoms with Gasteiger partial charge in [0, 0.05) is 5.56 Å². The van der Waals surface area contributed by atoms with Crippen molar-refractivity contribution < 1.29 is 9.47 Å². The molecular weight excluding hydrogens is 292 g/mol. The molecule has 0 spiro atoms. The number of hydrogen-bond donors (Lipinski definition) is 1. The predicted molar refractivity (Wildman–Crippen MR) is 88.9 cm³/mol. The van der Waals surface area contributed by atoms with Crippen molar-refractivity contribution in [1.82, 2.24) is 15.0 Å². The van der Waals surface area contributed by atoms with Gasteiger partial charge in [-0.15, -0.1) is 5.10 Å². The first-order chi connectivity index (χ1) is 11.2. The number of para-hydroxylation sites is 1. The fraction of sp³-hybridized carbons (Fsp3) is 0.176. The zero-order chi connectivity index (χ0) is 16.2. The Morgan fingerprint density at radius 1 is 1.13 bits per heavy atom. The Bertz CT molecular complexity index is 814. The molecule has 0 unspecified atom stereocenters. The van der Waals surface area contributed by atoms with E-state index in [0.717, 1.165) is 22.7 Å². The molecule has 0 atom stereocenters. The molecule has 23 heavy (non-hydrogen) atoms. The van der Waals surface area contributed by atoms with Crippen LogP contribution in [0.15, 0.2) is 48.7 Å². The number of benzene rings is 2. The summed E-state index contributed by atoms with van der Waals surface area (Å²) in [6, 6.07) is 13.2. The van der Waals surface area contributed by atoms with E-state index >= 15 is 0 Å². The molecule has 6 nitrogen and oxygen atoms in total. The van der Waals surface area contributed by atoms with Gasteiger partial charge in [0.1, 0.15) is 17.2 Å². The highest BCUT2D eigenvalue weighted by Crippen LogP contribution is 2.29. The molecule has 0 aliphatic carbocycles. The van der Waals surface area contributed by atoms with Gasteiger partial charge in [-0.25, -0.2) is 4.68 Å². The summed E-state index contributed by atoms with van der Waals surface area (Å²) in [5.41, 5.74) is 8.96. The summed E-state index contributed by atoms with van der Waals surface area (Å²) in [7, 11) is 1.59. The monoisotopic (exact) mass is 310 g/mol. The minimum Gasteiger partial charge on any atom is -0.495 e. The molecule has 0 aliphatic rings. The van der Waals surface area contributed by atoms with Gasteiger partial charge in [0.25, 0.3) is 0 Å². The summed E-state index contributed by atoms with van der Waals surface area (Å²) >= 11 is 0. The van der Waals surface area contributed by atoms with Crippen LogP contribution < -0.4 is 15.2 Å². The van der Waals surface area contributed by atoms with Crippen LogP contribution in [0, 0.1) is 0 Å². The molecule has 3 aromatic rings. The molecule has 0 radical (unpaired) electrons. The standard InChI is InChI=1S/C17H18N4O2/c1-3-23-16-7-5-4-6-13(16)15-11-21(20-19-15)12-8-9-17(22-2)14(18)10-12/h4-11H,3,18H2,1-2H3. The summed E-state index contributed by atoms with van der Waals surface area (Å²) < 4.78 is 12.5. The Labute approximate surface area is 134 Å². The number of rotatable bonds is 5. The summed E-state index contributed by atoms with van der Waals surface area (Å²) in [5.74, 6) is 1.42. The van der Waals surface area contributed by atoms with E-state index in [1.54, 1.807) is 23.9 Å². The van der Waals surface area contributed by atoms with Crippen molar-refractivity contribution in [3.05, 3.63) is 48.7 Å². The fourth-order valence-electron chi connectivity index (χ4n) is 2.34. The minimum absolute atomic E-state index is 0.553. The van der Waals surface area contributed by atoms with E-state index in [-0.39, 0.29) is 0 Å². The van der Waals surface area contributed by atoms with Gasteiger partial charge in [0.2, 0.25) is 0 Å². The van der Waals surface area contributed by atoms with E-state index < -0.39 is 0 Å². The van der Waals surface area contributed by atoms with E-state index in [1.165, 1.54) is 0 Å². The zero-order valence-corrected chi connectivity index (χ0v) is 13.1. The molecule has 118 valence electrons. The van der Waals surface area contributed by atoms with Crippen LogP contribution in [-0.2, 0) is 0 Å². The summed E-state index contributed by atoms with van der Waals surface area (Å²) in [6.45, 7) is 2.55. The molecule has 6 heteroatoms. The van der Waals surface area contributed by atoms with Crippen molar-refractivity contribution in [1.29, 1.82) is 0 Å². The number of hydrogen-bond acceptors (Lipinski definition) is 5. The number of anilines is 1. The van der Waals surface area contributed by atoms with E-state index in [0.29, 0.717) is 18.0 Å². The highest BCUT2D eigenvalue weighted by molar-refractivity contribution is 5.66. The van der Waals surface area contributed by atoms with Gasteiger partial charge >= 0.3 is 0 Å². The summed E-state index contributed by atoms with van der Waals surface area (Å²) in [6.07, 6.45) is 1.85. The maximum absolute atomic E-state index is 5.94. The highest BCUT2D eigenvalue weighted by atomic mass is 16.5. The van der Waals surface area contributed by atoms with Crippen molar-refractivity contribution in [2.75, 3.05) is 19.5 Å². The number of ether oxygens (including phenoxy) is 2. The number of nitrogen functional groups attached to an aromatic ring is 1. The molecule has 0 fully saturated rings. The lowest BCUT2D eigenvalue weighted by Gasteiger charge is -2.07. The lowest BCUT2D eigenvalue weighted by atomic mass is 10.1. The van der Waals surface area contributed by atoms with E-state index in [4.69, 9.17) is 15.2 Å². The number of nitrogens with zero attached hydrogens (tertiary/aromatic N) is 3. The molecule has 3 rings (SSSR count). The first kappa shape index (κ1) is 14.9. The Balaban J connectivity index is 1.96. The second kappa shape index (κ2) is 6.39. The van der Waals surface area contributed by atoms with Gasteiger partial charge in [0.05, 0.1) is 31.3 Å². The van der Waals surface area contributed by atoms with Crippen LogP contribution in [0.2, 0.25) is 0 Å². The van der Waals surface area contributed by atoms with Crippen LogP contribution in [0.5, 0.6) is 11.5 Å². The Morgan fingerprint density at radius 3 is 2.70 bits per heavy atom. The molecular formula is C17H18N4O2. The zero-order valence-electron chi connectivity index (χ0n) is 13.1. The van der Waals surface area contributed by atoms with Crippen molar-refractivity contribution >= 4 is 5.69 Å². The van der Waals surface area contributed by atoms with Gasteiger partial charge in [-0.05, 0) is 37.3 Å². The molecule has 0 amide bonds. The van der Waals surface area contributed by atoms with Gasteiger partial charge in [-0.1, -0.05) is 17.3 Å². The predicted octanol–water partition coefficient (Wildman–Crippen LogP) is 2.92. The lowest BCUT2D eigenvalue weighted by Crippen LogP contribution is -1.98. The van der Waals surface area contributed by atoms with Crippen molar-refractivity contribution in [2.45, 2.75) is 6.92 Å². The third-order valence-corrected chi connectivity index (χ3v) is 3.43. The quantitative estimate of drug-likeness (QED) is 0.733. The van der Waals surface area contributed by atoms with Crippen LogP contribution in [0.1, 0.15) is 6.92 Å². The average molecular weight is 310 g/mol. The maximum atomic E-state index is 5.94. The third-order valence-electron chi connectivity index (χ3n) is 3.43. The molecule has 0 saturated carbocycles. The first-order valence-corrected chi connectivity index (χ1v) is 7.31. The van der Waals surface area contributed by atoms with Crippen LogP contribution >= 0.6 is 0 Å². The summed E-state index contributed by atoms with van der Waals surface area (Å²) in [5, 5.41) is 8.41. The van der Waals surface area contributed by atoms with Gasteiger partial charge < -0.3 is 15.2 Å². The van der Waals surface area contributed by atoms with Crippen molar-refractivity contribution in [3.63, 3.8) is 0 Å². The van der Waals surface area contributed by atoms with E-state index in [1.807, 2.05) is 43.5 Å². The highest BCUT2D eigenvalue weighted by Gasteiger charge is 2.11. The molecule has 2 N–H and O–H groups in total. The van der Waals surface area contributed by atoms with E-state index in [2.05, 4.69) is 10.3 Å². The topological polar surface area (TPSA) is 75.2 Å². The number of nitrogens with two attached hydrogens (primary N) is 1. The number of methoxy groups -OCH3 is 1. The Hall–Kier alpha value is -3.02. The molecule has 0 aliphatic heterocycles. The Kier molecular flexibility index (Phi) is 4.14. The second-order valence-corrected chi connectivity index (χ2v) is 4.90. The SMILES string of the molecule is CCOc1ccccc1-c1cn(-c2ccc(OC)c(N)c2)nn1. The average Bonchev–Trinajstić information content (AvgIpc) is 3.05. The third kappa shape index (κ3) is 2.96. The number of aromatic nitrogens is 3. The lowest BCUT2D eigenvalue weighted by molar-refractivity contribution is 0.341. The maximum Gasteiger partial charge on any atom is 0.141 e. The molecule has 0 bridgehead atoms. The van der Waals surface area contributed by atoms with Gasteiger partial charge in [-0.2, -0.15) is 0 Å². The normalized spacial score (nSPS) is 10.5. The van der Waals surface area contributed by atoms with Gasteiger partial charge in [0.15, 0.2) is 0 Å². The molecule has 2 aromatic carbocycles. The van der Waals surface area contributed by atoms with Crippen molar-refractivity contribution in [2.24, 2.45) is 0 Å². The first-order valence-electron chi connectivity index (χ1n) is 7.31. The van der Waals surface area contributed by atoms with Crippen LogP contribution in [0.4, 0.5) is 5.69 Å². The van der Waals surface area contributed by atoms with Crippen LogP contribution in [0.3, 0.4) is 0 Å². The largest absolute Gasteiger partial charge is 0.495 e. The molecule has 1 heterocycles. The molecule has 0 saturated heterocycles. The minimum atomic E-state index is 0.553. The fourth-order valence-corrected chi connectivity index (χ4v) is 2.34. The van der Waals surface area contributed by atoms with Crippen LogP contribution in [-0.4, -0.2) is 28.7 Å². The Morgan fingerprint density at radius 2 is 1.96 bits per heavy atom. The van der Waals surface area contributed by atoms with Crippen LogP contribution in [0.25, 0.3) is 16.9 Å². The van der Waals surface area contributed by atoms with Crippen molar-refractivity contribution in [3.8, 4) is 28.4 Å². The second-order valence-electron chi connectivity index (χ2n) is 4.90.